The van der Waals surface area contributed by atoms with Crippen molar-refractivity contribution in [2.75, 3.05) is 20.3 Å². The molecule has 0 aliphatic rings. The van der Waals surface area contributed by atoms with Gasteiger partial charge in [-0.15, -0.1) is 0 Å². The molecule has 0 aromatic carbocycles. The van der Waals surface area contributed by atoms with E-state index in [1.807, 2.05) is 0 Å². The van der Waals surface area contributed by atoms with Crippen molar-refractivity contribution in [2.45, 2.75) is 13.0 Å². The van der Waals surface area contributed by atoms with Crippen LogP contribution in [0.15, 0.2) is 16.7 Å². The Morgan fingerprint density at radius 3 is 3.07 bits per heavy atom. The molecule has 0 radical (unpaired) electrons. The van der Waals surface area contributed by atoms with Gasteiger partial charge in [0.2, 0.25) is 0 Å². The van der Waals surface area contributed by atoms with Crippen molar-refractivity contribution in [1.29, 1.82) is 0 Å². The fraction of sp³-hybridized carbons (Fsp3) is 0.500. The summed E-state index contributed by atoms with van der Waals surface area (Å²) in [6.07, 6.45) is 2.16. The number of carboxylic acid groups (broad SMARTS) is 1. The van der Waals surface area contributed by atoms with E-state index in [1.165, 1.54) is 12.3 Å². The topological polar surface area (TPSA) is 71.7 Å². The zero-order valence-electron chi connectivity index (χ0n) is 8.66. The van der Waals surface area contributed by atoms with E-state index in [0.717, 1.165) is 13.0 Å². The minimum absolute atomic E-state index is 0.184. The highest BCUT2D eigenvalue weighted by Gasteiger charge is 2.07. The first-order chi connectivity index (χ1) is 7.24. The second-order valence-electron chi connectivity index (χ2n) is 3.13. The first-order valence-corrected chi connectivity index (χ1v) is 4.74. The van der Waals surface area contributed by atoms with Crippen LogP contribution in [0.1, 0.15) is 22.5 Å². The molecule has 0 spiro atoms. The van der Waals surface area contributed by atoms with Gasteiger partial charge >= 0.3 is 5.97 Å². The Morgan fingerprint density at radius 1 is 1.67 bits per heavy atom. The lowest BCUT2D eigenvalue weighted by Crippen LogP contribution is -2.15. The molecule has 1 aromatic heterocycles. The SMILES string of the molecule is COCCCNCc1cc(C(=O)O)co1. The Morgan fingerprint density at radius 2 is 2.47 bits per heavy atom. The molecule has 0 atom stereocenters. The molecule has 0 aliphatic carbocycles. The monoisotopic (exact) mass is 213 g/mol. The van der Waals surface area contributed by atoms with Crippen LogP contribution in [0, 0.1) is 0 Å². The molecule has 0 unspecified atom stereocenters. The molecule has 84 valence electrons. The first kappa shape index (κ1) is 11.7. The third kappa shape index (κ3) is 4.14. The lowest BCUT2D eigenvalue weighted by Gasteiger charge is -2.01. The van der Waals surface area contributed by atoms with Crippen LogP contribution in [0.2, 0.25) is 0 Å². The molecule has 5 nitrogen and oxygen atoms in total. The average Bonchev–Trinajstić information content (AvgIpc) is 2.66. The van der Waals surface area contributed by atoms with Crippen molar-refractivity contribution in [3.63, 3.8) is 0 Å². The Bertz CT molecular complexity index is 308. The summed E-state index contributed by atoms with van der Waals surface area (Å²) in [6.45, 7) is 2.07. The van der Waals surface area contributed by atoms with Gasteiger partial charge in [0, 0.05) is 13.7 Å². The largest absolute Gasteiger partial charge is 0.478 e. The summed E-state index contributed by atoms with van der Waals surface area (Å²) in [5.74, 6) is -0.339. The van der Waals surface area contributed by atoms with E-state index in [9.17, 15) is 4.79 Å². The van der Waals surface area contributed by atoms with Gasteiger partial charge in [-0.3, -0.25) is 0 Å². The minimum atomic E-state index is -0.968. The summed E-state index contributed by atoms with van der Waals surface area (Å²) in [5.41, 5.74) is 0.184. The number of hydrogen-bond donors (Lipinski definition) is 2. The quantitative estimate of drug-likeness (QED) is 0.664. The lowest BCUT2D eigenvalue weighted by molar-refractivity contribution is 0.0696. The van der Waals surface area contributed by atoms with Gasteiger partial charge in [0.05, 0.1) is 12.1 Å². The Hall–Kier alpha value is -1.33. The van der Waals surface area contributed by atoms with Crippen LogP contribution in [-0.4, -0.2) is 31.3 Å². The van der Waals surface area contributed by atoms with Crippen LogP contribution in [0.3, 0.4) is 0 Å². The number of hydrogen-bond acceptors (Lipinski definition) is 4. The molecule has 2 N–H and O–H groups in total. The van der Waals surface area contributed by atoms with Crippen molar-refractivity contribution in [1.82, 2.24) is 5.32 Å². The van der Waals surface area contributed by atoms with E-state index in [1.54, 1.807) is 7.11 Å². The fourth-order valence-corrected chi connectivity index (χ4v) is 1.14. The molecule has 1 aromatic rings. The van der Waals surface area contributed by atoms with Gasteiger partial charge < -0.3 is 19.6 Å². The molecule has 0 amide bonds. The molecule has 1 rings (SSSR count). The Balaban J connectivity index is 2.23. The summed E-state index contributed by atoms with van der Waals surface area (Å²) >= 11 is 0. The summed E-state index contributed by atoms with van der Waals surface area (Å²) in [7, 11) is 1.66. The number of furan rings is 1. The maximum atomic E-state index is 10.5. The standard InChI is InChI=1S/C10H15NO4/c1-14-4-2-3-11-6-9-5-8(7-15-9)10(12)13/h5,7,11H,2-4,6H2,1H3,(H,12,13). The predicted octanol–water partition coefficient (Wildman–Crippen LogP) is 1.10. The van der Waals surface area contributed by atoms with Crippen molar-refractivity contribution in [3.05, 3.63) is 23.7 Å². The highest BCUT2D eigenvalue weighted by molar-refractivity contribution is 5.87. The molecule has 0 saturated heterocycles. The van der Waals surface area contributed by atoms with E-state index in [2.05, 4.69) is 5.32 Å². The number of aromatic carboxylic acids is 1. The first-order valence-electron chi connectivity index (χ1n) is 4.74. The maximum absolute atomic E-state index is 10.5. The second kappa shape index (κ2) is 6.21. The van der Waals surface area contributed by atoms with Crippen molar-refractivity contribution in [3.8, 4) is 0 Å². The van der Waals surface area contributed by atoms with Gasteiger partial charge in [-0.1, -0.05) is 0 Å². The predicted molar refractivity (Wildman–Crippen MR) is 53.9 cm³/mol. The van der Waals surface area contributed by atoms with Crippen LogP contribution in [0.4, 0.5) is 0 Å². The van der Waals surface area contributed by atoms with Crippen LogP contribution in [0.25, 0.3) is 0 Å². The molecule has 5 heteroatoms. The number of carbonyl (C=O) groups is 1. The van der Waals surface area contributed by atoms with Gasteiger partial charge in [0.1, 0.15) is 12.0 Å². The van der Waals surface area contributed by atoms with E-state index in [-0.39, 0.29) is 5.56 Å². The van der Waals surface area contributed by atoms with Gasteiger partial charge in [0.25, 0.3) is 0 Å². The molecular formula is C10H15NO4. The molecule has 0 bridgehead atoms. The van der Waals surface area contributed by atoms with Crippen LogP contribution in [-0.2, 0) is 11.3 Å². The fourth-order valence-electron chi connectivity index (χ4n) is 1.14. The number of methoxy groups -OCH3 is 1. The Kier molecular flexibility index (Phi) is 4.86. The van der Waals surface area contributed by atoms with Crippen LogP contribution in [0.5, 0.6) is 0 Å². The summed E-state index contributed by atoms with van der Waals surface area (Å²) in [6, 6.07) is 1.52. The zero-order chi connectivity index (χ0) is 11.1. The van der Waals surface area contributed by atoms with Gasteiger partial charge in [-0.2, -0.15) is 0 Å². The summed E-state index contributed by atoms with van der Waals surface area (Å²) in [4.78, 5) is 10.5. The number of ether oxygens (including phenoxy) is 1. The Labute approximate surface area is 88.0 Å². The average molecular weight is 213 g/mol. The van der Waals surface area contributed by atoms with Crippen molar-refractivity contribution >= 4 is 5.97 Å². The van der Waals surface area contributed by atoms with Crippen LogP contribution < -0.4 is 5.32 Å². The minimum Gasteiger partial charge on any atom is -0.478 e. The van der Waals surface area contributed by atoms with Gasteiger partial charge in [-0.25, -0.2) is 4.79 Å². The lowest BCUT2D eigenvalue weighted by atomic mass is 10.3. The molecule has 15 heavy (non-hydrogen) atoms. The van der Waals surface area contributed by atoms with E-state index < -0.39 is 5.97 Å². The van der Waals surface area contributed by atoms with E-state index in [4.69, 9.17) is 14.3 Å². The van der Waals surface area contributed by atoms with Gasteiger partial charge in [-0.05, 0) is 19.0 Å². The molecule has 0 fully saturated rings. The maximum Gasteiger partial charge on any atom is 0.338 e. The third-order valence-electron chi connectivity index (χ3n) is 1.90. The number of carboxylic acids is 1. The summed E-state index contributed by atoms with van der Waals surface area (Å²) < 4.78 is 9.95. The van der Waals surface area contributed by atoms with Crippen LogP contribution >= 0.6 is 0 Å². The van der Waals surface area contributed by atoms with Crippen molar-refractivity contribution < 1.29 is 19.1 Å². The molecule has 1 heterocycles. The zero-order valence-corrected chi connectivity index (χ0v) is 8.66. The third-order valence-corrected chi connectivity index (χ3v) is 1.90. The van der Waals surface area contributed by atoms with Crippen molar-refractivity contribution in [2.24, 2.45) is 0 Å². The van der Waals surface area contributed by atoms with E-state index >= 15 is 0 Å². The van der Waals surface area contributed by atoms with E-state index in [0.29, 0.717) is 18.9 Å². The molecular weight excluding hydrogens is 198 g/mol. The number of nitrogens with one attached hydrogen (secondary N) is 1. The highest BCUT2D eigenvalue weighted by atomic mass is 16.5. The molecule has 0 aliphatic heterocycles. The van der Waals surface area contributed by atoms with Gasteiger partial charge in [0.15, 0.2) is 0 Å². The summed E-state index contributed by atoms with van der Waals surface area (Å²) in [5, 5.41) is 11.8. The second-order valence-corrected chi connectivity index (χ2v) is 3.13. The number of rotatable bonds is 7. The highest BCUT2D eigenvalue weighted by Crippen LogP contribution is 2.07. The smallest absolute Gasteiger partial charge is 0.338 e. The molecule has 0 saturated carbocycles. The normalized spacial score (nSPS) is 10.5.